The van der Waals surface area contributed by atoms with Crippen molar-refractivity contribution in [3.63, 3.8) is 0 Å². The Kier molecular flexibility index (Phi) is 1.48. The average Bonchev–Trinajstić information content (AvgIpc) is 2.12. The van der Waals surface area contributed by atoms with Gasteiger partial charge < -0.3 is 4.42 Å². The molecule has 1 heterocycles. The van der Waals surface area contributed by atoms with E-state index >= 15 is 0 Å². The van der Waals surface area contributed by atoms with Crippen molar-refractivity contribution in [1.29, 1.82) is 0 Å². The van der Waals surface area contributed by atoms with E-state index in [0.29, 0.717) is 5.56 Å². The standard InChI is InChI=1S/C5H3BrO2/c6-5(7)4-1-2-8-3-4/h1-3H. The van der Waals surface area contributed by atoms with E-state index in [1.807, 2.05) is 0 Å². The van der Waals surface area contributed by atoms with Gasteiger partial charge in [0.05, 0.1) is 11.8 Å². The maximum atomic E-state index is 10.4. The van der Waals surface area contributed by atoms with Gasteiger partial charge in [0, 0.05) is 0 Å². The van der Waals surface area contributed by atoms with Crippen LogP contribution in [0.2, 0.25) is 0 Å². The van der Waals surface area contributed by atoms with Crippen molar-refractivity contribution in [2.24, 2.45) is 0 Å². The van der Waals surface area contributed by atoms with Crippen molar-refractivity contribution in [1.82, 2.24) is 0 Å². The van der Waals surface area contributed by atoms with Gasteiger partial charge in [-0.1, -0.05) is 0 Å². The van der Waals surface area contributed by atoms with Gasteiger partial charge in [-0.2, -0.15) is 0 Å². The number of hydrogen-bond donors (Lipinski definition) is 0. The summed E-state index contributed by atoms with van der Waals surface area (Å²) in [6, 6.07) is 1.59. The summed E-state index contributed by atoms with van der Waals surface area (Å²) in [6.45, 7) is 0. The summed E-state index contributed by atoms with van der Waals surface area (Å²) in [5, 5.41) is 0. The fourth-order valence-electron chi connectivity index (χ4n) is 0.376. The number of rotatable bonds is 1. The molecular weight excluding hydrogens is 172 g/mol. The molecule has 8 heavy (non-hydrogen) atoms. The molecule has 0 atom stereocenters. The van der Waals surface area contributed by atoms with Gasteiger partial charge in [0.1, 0.15) is 6.26 Å². The highest BCUT2D eigenvalue weighted by Crippen LogP contribution is 2.04. The van der Waals surface area contributed by atoms with Crippen molar-refractivity contribution >= 4 is 20.6 Å². The number of halogens is 1. The summed E-state index contributed by atoms with van der Waals surface area (Å²) < 4.78 is 4.48. The summed E-state index contributed by atoms with van der Waals surface area (Å²) in [5.41, 5.74) is 0.546. The lowest BCUT2D eigenvalue weighted by atomic mass is 10.4. The molecule has 1 aromatic heterocycles. The van der Waals surface area contributed by atoms with Gasteiger partial charge in [0.15, 0.2) is 0 Å². The van der Waals surface area contributed by atoms with E-state index in [4.69, 9.17) is 0 Å². The van der Waals surface area contributed by atoms with Gasteiger partial charge in [-0.3, -0.25) is 4.79 Å². The quantitative estimate of drug-likeness (QED) is 0.609. The summed E-state index contributed by atoms with van der Waals surface area (Å²) in [6.07, 6.45) is 2.84. The van der Waals surface area contributed by atoms with Crippen LogP contribution in [0.25, 0.3) is 0 Å². The molecular formula is C5H3BrO2. The highest BCUT2D eigenvalue weighted by molar-refractivity contribution is 9.18. The summed E-state index contributed by atoms with van der Waals surface area (Å²) in [5.74, 6) is 0. The predicted molar refractivity (Wildman–Crippen MR) is 32.0 cm³/mol. The van der Waals surface area contributed by atoms with E-state index in [-0.39, 0.29) is 4.69 Å². The second kappa shape index (κ2) is 2.13. The van der Waals surface area contributed by atoms with Gasteiger partial charge in [0.2, 0.25) is 4.69 Å². The van der Waals surface area contributed by atoms with Crippen LogP contribution >= 0.6 is 15.9 Å². The molecule has 0 aliphatic carbocycles. The molecule has 0 aromatic carbocycles. The van der Waals surface area contributed by atoms with E-state index in [0.717, 1.165) is 0 Å². The summed E-state index contributed by atoms with van der Waals surface area (Å²) in [4.78, 5) is 10.4. The first kappa shape index (κ1) is 5.56. The molecule has 0 aliphatic heterocycles. The monoisotopic (exact) mass is 174 g/mol. The molecule has 3 heteroatoms. The lowest BCUT2D eigenvalue weighted by Crippen LogP contribution is -1.79. The second-order valence-electron chi connectivity index (χ2n) is 1.29. The number of hydrogen-bond acceptors (Lipinski definition) is 2. The fraction of sp³-hybridized carbons (Fsp3) is 0. The van der Waals surface area contributed by atoms with Crippen LogP contribution in [0.1, 0.15) is 10.4 Å². The fourth-order valence-corrected chi connectivity index (χ4v) is 0.602. The molecule has 0 radical (unpaired) electrons. The zero-order valence-corrected chi connectivity index (χ0v) is 5.51. The number of carbonyl (C=O) groups is 1. The minimum absolute atomic E-state index is 0.147. The predicted octanol–water partition coefficient (Wildman–Crippen LogP) is 1.81. The topological polar surface area (TPSA) is 30.2 Å². The van der Waals surface area contributed by atoms with Gasteiger partial charge in [0.25, 0.3) is 0 Å². The molecule has 0 aliphatic rings. The smallest absolute Gasteiger partial charge is 0.231 e. The van der Waals surface area contributed by atoms with Crippen molar-refractivity contribution in [3.05, 3.63) is 24.2 Å². The van der Waals surface area contributed by atoms with Crippen LogP contribution in [0, 0.1) is 0 Å². The number of furan rings is 1. The van der Waals surface area contributed by atoms with Gasteiger partial charge in [-0.15, -0.1) is 0 Å². The van der Waals surface area contributed by atoms with Crippen molar-refractivity contribution in [2.75, 3.05) is 0 Å². The number of carbonyl (C=O) groups excluding carboxylic acids is 1. The van der Waals surface area contributed by atoms with Crippen LogP contribution in [0.4, 0.5) is 0 Å². The van der Waals surface area contributed by atoms with E-state index in [1.165, 1.54) is 12.5 Å². The summed E-state index contributed by atoms with van der Waals surface area (Å²) in [7, 11) is 0. The van der Waals surface area contributed by atoms with Crippen molar-refractivity contribution < 1.29 is 9.21 Å². The Balaban J connectivity index is 2.93. The minimum Gasteiger partial charge on any atom is -0.472 e. The second-order valence-corrected chi connectivity index (χ2v) is 2.01. The first-order valence-electron chi connectivity index (χ1n) is 2.03. The van der Waals surface area contributed by atoms with E-state index < -0.39 is 0 Å². The first-order valence-corrected chi connectivity index (χ1v) is 2.82. The molecule has 0 bridgehead atoms. The highest BCUT2D eigenvalue weighted by Gasteiger charge is 1.98. The Morgan fingerprint density at radius 2 is 2.50 bits per heavy atom. The van der Waals surface area contributed by atoms with Gasteiger partial charge in [-0.25, -0.2) is 0 Å². The third kappa shape index (κ3) is 0.980. The molecule has 0 saturated heterocycles. The Labute approximate surface area is 54.6 Å². The van der Waals surface area contributed by atoms with Crippen LogP contribution in [0.5, 0.6) is 0 Å². The largest absolute Gasteiger partial charge is 0.472 e. The first-order chi connectivity index (χ1) is 3.80. The lowest BCUT2D eigenvalue weighted by Gasteiger charge is -1.75. The van der Waals surface area contributed by atoms with E-state index in [9.17, 15) is 4.79 Å². The Hall–Kier alpha value is -0.570. The third-order valence-corrected chi connectivity index (χ3v) is 1.21. The normalized spacial score (nSPS) is 9.12. The van der Waals surface area contributed by atoms with Crippen molar-refractivity contribution in [3.8, 4) is 0 Å². The zero-order chi connectivity index (χ0) is 5.98. The van der Waals surface area contributed by atoms with Crippen LogP contribution in [-0.4, -0.2) is 4.69 Å². The molecule has 1 rings (SSSR count). The third-order valence-electron chi connectivity index (χ3n) is 0.748. The molecule has 0 saturated carbocycles. The summed E-state index contributed by atoms with van der Waals surface area (Å²) >= 11 is 2.76. The molecule has 1 aromatic rings. The molecule has 42 valence electrons. The molecule has 0 spiro atoms. The van der Waals surface area contributed by atoms with Crippen LogP contribution < -0.4 is 0 Å². The highest BCUT2D eigenvalue weighted by atomic mass is 79.9. The van der Waals surface area contributed by atoms with Crippen LogP contribution in [0.3, 0.4) is 0 Å². The SMILES string of the molecule is O=C(Br)c1ccoc1. The maximum Gasteiger partial charge on any atom is 0.231 e. The Morgan fingerprint density at radius 3 is 2.75 bits per heavy atom. The van der Waals surface area contributed by atoms with Crippen LogP contribution in [-0.2, 0) is 0 Å². The maximum absolute atomic E-state index is 10.4. The van der Waals surface area contributed by atoms with Crippen LogP contribution in [0.15, 0.2) is 23.0 Å². The molecule has 2 nitrogen and oxygen atoms in total. The Bertz CT molecular complexity index is 178. The molecule has 0 unspecified atom stereocenters. The van der Waals surface area contributed by atoms with E-state index in [1.54, 1.807) is 6.07 Å². The zero-order valence-electron chi connectivity index (χ0n) is 3.93. The molecule has 0 N–H and O–H groups in total. The lowest BCUT2D eigenvalue weighted by molar-refractivity contribution is 0.109. The minimum atomic E-state index is -0.147. The van der Waals surface area contributed by atoms with Gasteiger partial charge in [-0.05, 0) is 22.0 Å². The Morgan fingerprint density at radius 1 is 1.75 bits per heavy atom. The van der Waals surface area contributed by atoms with Gasteiger partial charge >= 0.3 is 0 Å². The molecule has 0 amide bonds. The van der Waals surface area contributed by atoms with Crippen molar-refractivity contribution in [2.45, 2.75) is 0 Å². The molecule has 0 fully saturated rings. The van der Waals surface area contributed by atoms with E-state index in [2.05, 4.69) is 20.3 Å². The average molecular weight is 175 g/mol.